The molecule has 1 fully saturated rings. The number of rotatable bonds is 31. The Kier molecular flexibility index (Phi) is 21.5. The highest BCUT2D eigenvalue weighted by molar-refractivity contribution is 6.26. The molecule has 1 atom stereocenters. The van der Waals surface area contributed by atoms with Crippen LogP contribution >= 0.6 is 0 Å². The van der Waals surface area contributed by atoms with Gasteiger partial charge in [-0.3, -0.25) is 34.2 Å². The zero-order valence-electron chi connectivity index (χ0n) is 33.9. The minimum absolute atomic E-state index is 0.0257. The molecule has 0 bridgehead atoms. The van der Waals surface area contributed by atoms with Crippen LogP contribution in [0.2, 0.25) is 0 Å². The summed E-state index contributed by atoms with van der Waals surface area (Å²) in [5.41, 5.74) is 1.85. The number of benzene rings is 2. The predicted octanol–water partition coefficient (Wildman–Crippen LogP) is 3.76. The number of nitrogens with zero attached hydrogens (tertiary/aromatic N) is 1. The number of piperidine rings is 1. The molecule has 0 saturated carbocycles. The van der Waals surface area contributed by atoms with Crippen molar-refractivity contribution in [1.82, 2.24) is 10.2 Å². The van der Waals surface area contributed by atoms with Crippen molar-refractivity contribution in [3.63, 3.8) is 0 Å². The van der Waals surface area contributed by atoms with Crippen molar-refractivity contribution in [3.05, 3.63) is 59.2 Å². The molecule has 5 amide bonds. The molecule has 0 spiro atoms. The van der Waals surface area contributed by atoms with Crippen molar-refractivity contribution in [2.45, 2.75) is 64.3 Å². The molecule has 1 saturated heterocycles. The van der Waals surface area contributed by atoms with Gasteiger partial charge in [-0.15, -0.1) is 0 Å². The molecule has 2 aromatic rings. The highest BCUT2D eigenvalue weighted by Gasteiger charge is 2.45. The molecule has 2 aliphatic heterocycles. The van der Waals surface area contributed by atoms with Crippen LogP contribution < -0.4 is 16.0 Å². The number of ether oxygens (including phenoxy) is 7. The first-order chi connectivity index (χ1) is 28.8. The Morgan fingerprint density at radius 1 is 0.695 bits per heavy atom. The van der Waals surface area contributed by atoms with E-state index in [-0.39, 0.29) is 61.2 Å². The molecule has 17 nitrogen and oxygen atoms in total. The lowest BCUT2D eigenvalue weighted by molar-refractivity contribution is -0.136. The van der Waals surface area contributed by atoms with Crippen LogP contribution in [0.4, 0.5) is 11.4 Å². The van der Waals surface area contributed by atoms with E-state index in [9.17, 15) is 28.8 Å². The molecule has 4 rings (SSSR count). The van der Waals surface area contributed by atoms with Gasteiger partial charge in [-0.2, -0.15) is 0 Å². The maximum atomic E-state index is 13.2. The number of fused-ring (bicyclic) bond motifs is 1. The van der Waals surface area contributed by atoms with Crippen LogP contribution in [0, 0.1) is 0 Å². The Balaban J connectivity index is 0.878. The number of imide groups is 2. The van der Waals surface area contributed by atoms with E-state index in [2.05, 4.69) is 22.9 Å². The molecule has 1 unspecified atom stereocenters. The van der Waals surface area contributed by atoms with E-state index in [0.717, 1.165) is 42.8 Å². The summed E-state index contributed by atoms with van der Waals surface area (Å²) < 4.78 is 38.3. The van der Waals surface area contributed by atoms with E-state index in [4.69, 9.17) is 33.2 Å². The molecule has 0 aliphatic carbocycles. The zero-order valence-corrected chi connectivity index (χ0v) is 33.9. The van der Waals surface area contributed by atoms with Gasteiger partial charge < -0.3 is 43.8 Å². The average Bonchev–Trinajstić information content (AvgIpc) is 3.48. The summed E-state index contributed by atoms with van der Waals surface area (Å²) in [6.45, 7) is 8.31. The summed E-state index contributed by atoms with van der Waals surface area (Å²) in [5, 5.41) is 8.21. The second kappa shape index (κ2) is 27.1. The number of nitrogens with one attached hydrogen (secondary N) is 3. The van der Waals surface area contributed by atoms with E-state index in [1.807, 2.05) is 12.1 Å². The molecule has 17 heteroatoms. The molecule has 0 aromatic heterocycles. The van der Waals surface area contributed by atoms with Crippen molar-refractivity contribution in [1.29, 1.82) is 0 Å². The van der Waals surface area contributed by atoms with Crippen LogP contribution in [0.15, 0.2) is 42.5 Å². The second-order valence-corrected chi connectivity index (χ2v) is 13.7. The lowest BCUT2D eigenvalue weighted by Crippen LogP contribution is -2.54. The van der Waals surface area contributed by atoms with E-state index >= 15 is 0 Å². The first-order valence-electron chi connectivity index (χ1n) is 20.4. The molecular weight excluding hydrogens is 768 g/mol. The van der Waals surface area contributed by atoms with E-state index in [1.54, 1.807) is 24.3 Å². The number of hydrogen-bond donors (Lipinski definition) is 3. The van der Waals surface area contributed by atoms with Gasteiger partial charge in [0.25, 0.3) is 11.8 Å². The molecule has 2 heterocycles. The van der Waals surface area contributed by atoms with Gasteiger partial charge in [-0.25, -0.2) is 4.79 Å². The third-order valence-electron chi connectivity index (χ3n) is 9.24. The molecule has 2 aliphatic rings. The van der Waals surface area contributed by atoms with E-state index < -0.39 is 29.7 Å². The van der Waals surface area contributed by atoms with E-state index in [1.165, 1.54) is 6.07 Å². The number of unbranched alkanes of at least 4 members (excludes halogenated alkanes) is 3. The van der Waals surface area contributed by atoms with Gasteiger partial charge in [0.05, 0.1) is 95.1 Å². The van der Waals surface area contributed by atoms with Crippen molar-refractivity contribution in [2.75, 3.05) is 103 Å². The third-order valence-corrected chi connectivity index (χ3v) is 9.24. The van der Waals surface area contributed by atoms with Crippen LogP contribution in [-0.4, -0.2) is 139 Å². The SMILES string of the molecule is CCCCNc1ccc(C(=O)OCCOCCOCCOCCOCCOCCOCCCCCC(=O)Nc2cccc3c2C(=O)N(C2CCC(=O)NC2=O)C3=O)cc1. The fourth-order valence-corrected chi connectivity index (χ4v) is 6.11. The molecule has 3 N–H and O–H groups in total. The Bertz CT molecular complexity index is 1660. The van der Waals surface area contributed by atoms with Gasteiger partial charge in [-0.05, 0) is 62.1 Å². The summed E-state index contributed by atoms with van der Waals surface area (Å²) in [6.07, 6.45) is 4.64. The molecule has 2 aromatic carbocycles. The zero-order chi connectivity index (χ0) is 42.1. The van der Waals surface area contributed by atoms with Crippen LogP contribution in [0.25, 0.3) is 0 Å². The highest BCUT2D eigenvalue weighted by atomic mass is 16.6. The fourth-order valence-electron chi connectivity index (χ4n) is 6.11. The minimum atomic E-state index is -1.08. The highest BCUT2D eigenvalue weighted by Crippen LogP contribution is 2.32. The van der Waals surface area contributed by atoms with Crippen molar-refractivity contribution in [2.24, 2.45) is 0 Å². The molecular formula is C42H58N4O13. The second-order valence-electron chi connectivity index (χ2n) is 13.7. The molecule has 0 radical (unpaired) electrons. The number of anilines is 2. The Morgan fingerprint density at radius 2 is 1.29 bits per heavy atom. The smallest absolute Gasteiger partial charge is 0.338 e. The normalized spacial score (nSPS) is 15.0. The summed E-state index contributed by atoms with van der Waals surface area (Å²) in [7, 11) is 0. The minimum Gasteiger partial charge on any atom is -0.460 e. The van der Waals surface area contributed by atoms with Gasteiger partial charge in [-0.1, -0.05) is 25.8 Å². The van der Waals surface area contributed by atoms with Crippen molar-refractivity contribution in [3.8, 4) is 0 Å². The van der Waals surface area contributed by atoms with Gasteiger partial charge >= 0.3 is 5.97 Å². The monoisotopic (exact) mass is 826 g/mol. The molecule has 324 valence electrons. The quantitative estimate of drug-likeness (QED) is 0.0563. The third kappa shape index (κ3) is 16.4. The number of carbonyl (C=O) groups excluding carboxylic acids is 6. The van der Waals surface area contributed by atoms with Crippen molar-refractivity contribution < 1.29 is 61.9 Å². The maximum Gasteiger partial charge on any atom is 0.338 e. The van der Waals surface area contributed by atoms with E-state index in [0.29, 0.717) is 84.7 Å². The topological polar surface area (TPSA) is 206 Å². The summed E-state index contributed by atoms with van der Waals surface area (Å²) in [4.78, 5) is 75.7. The van der Waals surface area contributed by atoms with Crippen LogP contribution in [0.3, 0.4) is 0 Å². The predicted molar refractivity (Wildman–Crippen MR) is 215 cm³/mol. The van der Waals surface area contributed by atoms with Crippen LogP contribution in [-0.2, 0) is 47.5 Å². The Hall–Kier alpha value is -4.78. The maximum absolute atomic E-state index is 13.2. The number of amides is 5. The summed E-state index contributed by atoms with van der Waals surface area (Å²) in [6, 6.07) is 10.8. The Labute approximate surface area is 345 Å². The Morgan fingerprint density at radius 3 is 1.88 bits per heavy atom. The standard InChI is InChI=1S/C42H58N4O13/c1-2-3-17-43-32-13-11-31(12-14-32)42(52)59-30-29-58-28-27-57-26-25-56-24-23-55-22-21-54-20-19-53-18-6-4-5-10-36(47)44-34-9-7-8-33-38(34)41(51)46(40(33)50)35-15-16-37(48)45-39(35)49/h7-9,11-14,35,43H,2-6,10,15-30H2,1H3,(H,44,47)(H,45,48,49). The lowest BCUT2D eigenvalue weighted by Gasteiger charge is -2.27. The van der Waals surface area contributed by atoms with Gasteiger partial charge in [0.15, 0.2) is 0 Å². The summed E-state index contributed by atoms with van der Waals surface area (Å²) in [5.74, 6) is -3.11. The molecule has 59 heavy (non-hydrogen) atoms. The van der Waals surface area contributed by atoms with Gasteiger partial charge in [0.2, 0.25) is 17.7 Å². The first kappa shape index (κ1) is 46.9. The van der Waals surface area contributed by atoms with Gasteiger partial charge in [0.1, 0.15) is 12.6 Å². The fraction of sp³-hybridized carbons (Fsp3) is 0.571. The van der Waals surface area contributed by atoms with Crippen LogP contribution in [0.1, 0.15) is 89.4 Å². The van der Waals surface area contributed by atoms with Gasteiger partial charge in [0, 0.05) is 31.7 Å². The lowest BCUT2D eigenvalue weighted by atomic mass is 10.0. The number of hydrogen-bond acceptors (Lipinski definition) is 14. The first-order valence-corrected chi connectivity index (χ1v) is 20.4. The largest absolute Gasteiger partial charge is 0.460 e. The average molecular weight is 827 g/mol. The van der Waals surface area contributed by atoms with Crippen molar-refractivity contribution >= 4 is 46.9 Å². The van der Waals surface area contributed by atoms with Crippen LogP contribution in [0.5, 0.6) is 0 Å². The summed E-state index contributed by atoms with van der Waals surface area (Å²) >= 11 is 0. The number of carbonyl (C=O) groups is 6. The number of esters is 1.